The number of aromatic nitrogens is 4. The Kier molecular flexibility index (Phi) is 4.85. The third-order valence-corrected chi connectivity index (χ3v) is 4.65. The zero-order chi connectivity index (χ0) is 19.7. The van der Waals surface area contributed by atoms with Crippen LogP contribution in [0.1, 0.15) is 30.0 Å². The van der Waals surface area contributed by atoms with E-state index in [2.05, 4.69) is 20.6 Å². The standard InChI is InChI=1S/C20H18ClN5O2/c1-12(27)14-3-2-4-15(11-14)22-18-7-8-19-23-24-20(26(19)25-18)10-13-5-6-17(28)16(21)9-13/h2-9,11-12,27-28H,10H2,1H3,(H,22,25). The lowest BCUT2D eigenvalue weighted by molar-refractivity contribution is 0.199. The predicted octanol–water partition coefficient (Wildman–Crippen LogP) is 3.87. The summed E-state index contributed by atoms with van der Waals surface area (Å²) in [5.41, 5.74) is 3.16. The Labute approximate surface area is 166 Å². The summed E-state index contributed by atoms with van der Waals surface area (Å²) in [6.45, 7) is 1.72. The number of aliphatic hydroxyl groups is 1. The molecule has 2 aromatic heterocycles. The average Bonchev–Trinajstić information content (AvgIpc) is 3.07. The summed E-state index contributed by atoms with van der Waals surface area (Å²) >= 11 is 5.99. The van der Waals surface area contributed by atoms with Gasteiger partial charge in [-0.15, -0.1) is 15.3 Å². The molecule has 0 aliphatic rings. The van der Waals surface area contributed by atoms with Crippen molar-refractivity contribution in [3.05, 3.63) is 76.6 Å². The highest BCUT2D eigenvalue weighted by molar-refractivity contribution is 6.32. The van der Waals surface area contributed by atoms with E-state index in [1.54, 1.807) is 29.6 Å². The molecule has 0 spiro atoms. The van der Waals surface area contributed by atoms with E-state index in [0.717, 1.165) is 16.8 Å². The molecule has 2 heterocycles. The van der Waals surface area contributed by atoms with E-state index in [1.807, 2.05) is 36.4 Å². The number of phenols is 1. The number of halogens is 1. The van der Waals surface area contributed by atoms with Gasteiger partial charge in [0.25, 0.3) is 0 Å². The van der Waals surface area contributed by atoms with Gasteiger partial charge < -0.3 is 15.5 Å². The fourth-order valence-corrected chi connectivity index (χ4v) is 3.08. The fourth-order valence-electron chi connectivity index (χ4n) is 2.88. The van der Waals surface area contributed by atoms with Gasteiger partial charge >= 0.3 is 0 Å². The van der Waals surface area contributed by atoms with Gasteiger partial charge in [-0.05, 0) is 54.4 Å². The van der Waals surface area contributed by atoms with Crippen molar-refractivity contribution in [1.29, 1.82) is 0 Å². The van der Waals surface area contributed by atoms with Crippen LogP contribution in [0.5, 0.6) is 5.75 Å². The summed E-state index contributed by atoms with van der Waals surface area (Å²) in [5.74, 6) is 1.32. The number of rotatable bonds is 5. The summed E-state index contributed by atoms with van der Waals surface area (Å²) in [6.07, 6.45) is -0.0754. The summed E-state index contributed by atoms with van der Waals surface area (Å²) in [4.78, 5) is 0. The maximum absolute atomic E-state index is 9.75. The van der Waals surface area contributed by atoms with Gasteiger partial charge in [0.2, 0.25) is 0 Å². The van der Waals surface area contributed by atoms with Gasteiger partial charge in [-0.25, -0.2) is 0 Å². The Balaban J connectivity index is 1.62. The van der Waals surface area contributed by atoms with Gasteiger partial charge in [0.1, 0.15) is 5.75 Å². The number of aliphatic hydroxyl groups excluding tert-OH is 1. The minimum Gasteiger partial charge on any atom is -0.506 e. The third kappa shape index (κ3) is 3.76. The Morgan fingerprint density at radius 2 is 1.96 bits per heavy atom. The van der Waals surface area contributed by atoms with E-state index < -0.39 is 6.10 Å². The number of benzene rings is 2. The molecule has 0 saturated heterocycles. The Morgan fingerprint density at radius 3 is 2.75 bits per heavy atom. The molecule has 0 fully saturated rings. The van der Waals surface area contributed by atoms with Crippen LogP contribution in [-0.2, 0) is 6.42 Å². The minimum absolute atomic E-state index is 0.0422. The number of anilines is 2. The molecule has 8 heteroatoms. The maximum atomic E-state index is 9.75. The molecule has 3 N–H and O–H groups in total. The summed E-state index contributed by atoms with van der Waals surface area (Å²) in [7, 11) is 0. The first-order chi connectivity index (χ1) is 13.5. The Morgan fingerprint density at radius 1 is 1.11 bits per heavy atom. The van der Waals surface area contributed by atoms with Gasteiger partial charge in [-0.2, -0.15) is 4.52 Å². The van der Waals surface area contributed by atoms with Crippen LogP contribution in [0.3, 0.4) is 0 Å². The highest BCUT2D eigenvalue weighted by atomic mass is 35.5. The van der Waals surface area contributed by atoms with E-state index in [0.29, 0.717) is 28.7 Å². The van der Waals surface area contributed by atoms with Crippen molar-refractivity contribution in [3.63, 3.8) is 0 Å². The zero-order valence-corrected chi connectivity index (χ0v) is 15.8. The lowest BCUT2D eigenvalue weighted by Gasteiger charge is -2.10. The topological polar surface area (TPSA) is 95.6 Å². The predicted molar refractivity (Wildman–Crippen MR) is 107 cm³/mol. The van der Waals surface area contributed by atoms with Crippen molar-refractivity contribution in [2.24, 2.45) is 0 Å². The highest BCUT2D eigenvalue weighted by Gasteiger charge is 2.10. The number of nitrogens with zero attached hydrogens (tertiary/aromatic N) is 4. The molecule has 1 unspecified atom stereocenters. The molecular weight excluding hydrogens is 378 g/mol. The van der Waals surface area contributed by atoms with Crippen molar-refractivity contribution in [2.45, 2.75) is 19.4 Å². The SMILES string of the molecule is CC(O)c1cccc(Nc2ccc3nnc(Cc4ccc(O)c(Cl)c4)n3n2)c1. The number of phenolic OH excluding ortho intramolecular Hbond substituents is 1. The lowest BCUT2D eigenvalue weighted by atomic mass is 10.1. The molecule has 0 aliphatic carbocycles. The highest BCUT2D eigenvalue weighted by Crippen LogP contribution is 2.25. The van der Waals surface area contributed by atoms with E-state index in [1.165, 1.54) is 0 Å². The molecule has 4 rings (SSSR count). The molecule has 0 saturated carbocycles. The van der Waals surface area contributed by atoms with E-state index in [-0.39, 0.29) is 5.75 Å². The first-order valence-corrected chi connectivity index (χ1v) is 9.11. The molecule has 0 amide bonds. The van der Waals surface area contributed by atoms with Crippen LogP contribution in [0.25, 0.3) is 5.65 Å². The number of hydrogen-bond acceptors (Lipinski definition) is 6. The molecule has 7 nitrogen and oxygen atoms in total. The molecule has 1 atom stereocenters. The molecule has 142 valence electrons. The molecule has 4 aromatic rings. The molecule has 28 heavy (non-hydrogen) atoms. The molecule has 0 radical (unpaired) electrons. The summed E-state index contributed by atoms with van der Waals surface area (Å²) in [6, 6.07) is 16.2. The molecule has 0 aliphatic heterocycles. The zero-order valence-electron chi connectivity index (χ0n) is 15.0. The van der Waals surface area contributed by atoms with E-state index in [4.69, 9.17) is 11.6 Å². The van der Waals surface area contributed by atoms with Crippen LogP contribution >= 0.6 is 11.6 Å². The largest absolute Gasteiger partial charge is 0.506 e. The lowest BCUT2D eigenvalue weighted by Crippen LogP contribution is -2.03. The average molecular weight is 396 g/mol. The van der Waals surface area contributed by atoms with Crippen LogP contribution in [-0.4, -0.2) is 30.0 Å². The van der Waals surface area contributed by atoms with Crippen LogP contribution < -0.4 is 5.32 Å². The molecule has 0 bridgehead atoms. The monoisotopic (exact) mass is 395 g/mol. The molecule has 2 aromatic carbocycles. The number of nitrogens with one attached hydrogen (secondary N) is 1. The number of hydrogen-bond donors (Lipinski definition) is 3. The van der Waals surface area contributed by atoms with Gasteiger partial charge in [0.05, 0.1) is 11.1 Å². The smallest absolute Gasteiger partial charge is 0.178 e. The first-order valence-electron chi connectivity index (χ1n) is 8.73. The quantitative estimate of drug-likeness (QED) is 0.474. The number of aromatic hydroxyl groups is 1. The Hall–Kier alpha value is -3.16. The fraction of sp³-hybridized carbons (Fsp3) is 0.150. The number of fused-ring (bicyclic) bond motifs is 1. The summed E-state index contributed by atoms with van der Waals surface area (Å²) < 4.78 is 1.67. The van der Waals surface area contributed by atoms with Crippen molar-refractivity contribution < 1.29 is 10.2 Å². The second-order valence-electron chi connectivity index (χ2n) is 6.49. The van der Waals surface area contributed by atoms with Gasteiger partial charge in [-0.1, -0.05) is 29.8 Å². The van der Waals surface area contributed by atoms with Gasteiger partial charge in [-0.3, -0.25) is 0 Å². The van der Waals surface area contributed by atoms with Crippen molar-refractivity contribution >= 4 is 28.8 Å². The van der Waals surface area contributed by atoms with Gasteiger partial charge in [0, 0.05) is 12.1 Å². The second-order valence-corrected chi connectivity index (χ2v) is 6.90. The minimum atomic E-state index is -0.543. The van der Waals surface area contributed by atoms with Crippen LogP contribution in [0.2, 0.25) is 5.02 Å². The van der Waals surface area contributed by atoms with Crippen molar-refractivity contribution in [3.8, 4) is 5.75 Å². The van der Waals surface area contributed by atoms with E-state index >= 15 is 0 Å². The van der Waals surface area contributed by atoms with Crippen LogP contribution in [0, 0.1) is 0 Å². The Bertz CT molecular complexity index is 1140. The second kappa shape index (κ2) is 7.46. The third-order valence-electron chi connectivity index (χ3n) is 4.34. The van der Waals surface area contributed by atoms with Crippen molar-refractivity contribution in [2.75, 3.05) is 5.32 Å². The van der Waals surface area contributed by atoms with Crippen molar-refractivity contribution in [1.82, 2.24) is 19.8 Å². The molecular formula is C20H18ClN5O2. The van der Waals surface area contributed by atoms with Crippen LogP contribution in [0.15, 0.2) is 54.6 Å². The first kappa shape index (κ1) is 18.2. The van der Waals surface area contributed by atoms with Gasteiger partial charge in [0.15, 0.2) is 17.3 Å². The van der Waals surface area contributed by atoms with Crippen LogP contribution in [0.4, 0.5) is 11.5 Å². The van der Waals surface area contributed by atoms with E-state index in [9.17, 15) is 10.2 Å². The summed E-state index contributed by atoms with van der Waals surface area (Å²) in [5, 5.41) is 35.8. The normalized spacial score (nSPS) is 12.2. The maximum Gasteiger partial charge on any atom is 0.178 e.